The molecule has 0 heterocycles. The van der Waals surface area contributed by atoms with Gasteiger partial charge in [-0.05, 0) is 48.9 Å². The predicted octanol–water partition coefficient (Wildman–Crippen LogP) is 4.53. The maximum Gasteiger partial charge on any atom is 0.0621 e. The summed E-state index contributed by atoms with van der Waals surface area (Å²) in [5.41, 5.74) is 0. The van der Waals surface area contributed by atoms with E-state index in [0.717, 1.165) is 36.0 Å². The van der Waals surface area contributed by atoms with Crippen molar-refractivity contribution in [1.29, 1.82) is 5.26 Å². The van der Waals surface area contributed by atoms with Crippen LogP contribution in [0.5, 0.6) is 0 Å². The Morgan fingerprint density at radius 3 is 2.06 bits per heavy atom. The molecule has 3 fully saturated rings. The van der Waals surface area contributed by atoms with Crippen molar-refractivity contribution in [3.63, 3.8) is 0 Å². The van der Waals surface area contributed by atoms with Crippen molar-refractivity contribution in [3.8, 4) is 6.07 Å². The Bertz CT molecular complexity index is 283. The molecule has 0 aliphatic heterocycles. The zero-order valence-electron chi connectivity index (χ0n) is 10.9. The average Bonchev–Trinajstić information content (AvgIpc) is 2.37. The molecule has 1 nitrogen and oxygen atoms in total. The Balaban J connectivity index is 1.69. The summed E-state index contributed by atoms with van der Waals surface area (Å²) in [7, 11) is 0. The lowest BCUT2D eigenvalue weighted by atomic mass is 9.54. The van der Waals surface area contributed by atoms with Crippen LogP contribution in [0.15, 0.2) is 0 Å². The van der Waals surface area contributed by atoms with E-state index in [1.165, 1.54) is 57.8 Å². The largest absolute Gasteiger partial charge is 0.198 e. The van der Waals surface area contributed by atoms with Crippen LogP contribution in [0.25, 0.3) is 0 Å². The minimum Gasteiger partial charge on any atom is -0.198 e. The summed E-state index contributed by atoms with van der Waals surface area (Å²) in [6, 6.07) is 2.34. The summed E-state index contributed by atoms with van der Waals surface area (Å²) in [6.07, 6.45) is 13.9. The first-order chi connectivity index (χ1) is 8.38. The molecule has 5 atom stereocenters. The van der Waals surface area contributed by atoms with Gasteiger partial charge in [-0.1, -0.05) is 38.5 Å². The molecular formula is C16H25N. The Labute approximate surface area is 106 Å². The minimum absolute atomic E-state index is 0.790. The van der Waals surface area contributed by atoms with Gasteiger partial charge >= 0.3 is 0 Å². The highest BCUT2D eigenvalue weighted by molar-refractivity contribution is 4.95. The molecule has 3 saturated carbocycles. The van der Waals surface area contributed by atoms with Crippen LogP contribution in [0, 0.1) is 40.9 Å². The maximum atomic E-state index is 8.76. The quantitative estimate of drug-likeness (QED) is 0.685. The first-order valence-corrected chi connectivity index (χ1v) is 7.75. The molecule has 17 heavy (non-hydrogen) atoms. The fraction of sp³-hybridized carbons (Fsp3) is 0.938. The molecular weight excluding hydrogens is 206 g/mol. The first kappa shape index (κ1) is 11.6. The predicted molar refractivity (Wildman–Crippen MR) is 69.2 cm³/mol. The van der Waals surface area contributed by atoms with E-state index in [0.29, 0.717) is 0 Å². The van der Waals surface area contributed by atoms with Crippen LogP contribution in [-0.4, -0.2) is 0 Å². The number of nitrogens with zero attached hydrogens (tertiary/aromatic N) is 1. The van der Waals surface area contributed by atoms with Gasteiger partial charge in [0.2, 0.25) is 0 Å². The van der Waals surface area contributed by atoms with Gasteiger partial charge in [-0.3, -0.25) is 0 Å². The smallest absolute Gasteiger partial charge is 0.0621 e. The molecule has 0 radical (unpaired) electrons. The number of rotatable bonds is 2. The molecule has 0 bridgehead atoms. The van der Waals surface area contributed by atoms with Crippen LogP contribution in [0.2, 0.25) is 0 Å². The van der Waals surface area contributed by atoms with E-state index in [1.54, 1.807) is 0 Å². The van der Waals surface area contributed by atoms with Crippen molar-refractivity contribution < 1.29 is 0 Å². The fourth-order valence-electron chi connectivity index (χ4n) is 5.36. The minimum atomic E-state index is 0.790. The van der Waals surface area contributed by atoms with Crippen molar-refractivity contribution in [2.45, 2.75) is 64.2 Å². The van der Waals surface area contributed by atoms with E-state index < -0.39 is 0 Å². The van der Waals surface area contributed by atoms with E-state index in [4.69, 9.17) is 5.26 Å². The lowest BCUT2D eigenvalue weighted by Gasteiger charge is -2.51. The Kier molecular flexibility index (Phi) is 3.41. The van der Waals surface area contributed by atoms with Gasteiger partial charge in [0.05, 0.1) is 6.07 Å². The second kappa shape index (κ2) is 5.01. The van der Waals surface area contributed by atoms with Gasteiger partial charge in [0.25, 0.3) is 0 Å². The normalized spacial score (nSPS) is 44.8. The molecule has 94 valence electrons. The lowest BCUT2D eigenvalue weighted by molar-refractivity contribution is -0.0121. The van der Waals surface area contributed by atoms with Crippen molar-refractivity contribution in [2.24, 2.45) is 29.6 Å². The van der Waals surface area contributed by atoms with E-state index in [2.05, 4.69) is 6.07 Å². The molecule has 4 unspecified atom stereocenters. The SMILES string of the molecule is N#CCCC1CC2CCCC3CCC[C@H](C1)C32. The van der Waals surface area contributed by atoms with Crippen molar-refractivity contribution in [2.75, 3.05) is 0 Å². The Morgan fingerprint density at radius 1 is 0.882 bits per heavy atom. The summed E-state index contributed by atoms with van der Waals surface area (Å²) >= 11 is 0. The van der Waals surface area contributed by atoms with Gasteiger partial charge in [-0.15, -0.1) is 0 Å². The third-order valence-corrected chi connectivity index (χ3v) is 5.87. The van der Waals surface area contributed by atoms with Gasteiger partial charge in [0, 0.05) is 6.42 Å². The zero-order valence-corrected chi connectivity index (χ0v) is 10.9. The second-order valence-corrected chi connectivity index (χ2v) is 6.75. The van der Waals surface area contributed by atoms with Crippen LogP contribution >= 0.6 is 0 Å². The second-order valence-electron chi connectivity index (χ2n) is 6.75. The van der Waals surface area contributed by atoms with Crippen molar-refractivity contribution >= 4 is 0 Å². The third kappa shape index (κ3) is 2.24. The van der Waals surface area contributed by atoms with E-state index in [9.17, 15) is 0 Å². The summed E-state index contributed by atoms with van der Waals surface area (Å²) in [5, 5.41) is 8.76. The molecule has 0 amide bonds. The van der Waals surface area contributed by atoms with Gasteiger partial charge in [0.1, 0.15) is 0 Å². The molecule has 3 rings (SSSR count). The van der Waals surface area contributed by atoms with Crippen molar-refractivity contribution in [1.82, 2.24) is 0 Å². The first-order valence-electron chi connectivity index (χ1n) is 7.75. The average molecular weight is 231 g/mol. The summed E-state index contributed by atoms with van der Waals surface area (Å²) in [6.45, 7) is 0. The number of nitriles is 1. The Morgan fingerprint density at radius 2 is 1.47 bits per heavy atom. The fourth-order valence-corrected chi connectivity index (χ4v) is 5.36. The van der Waals surface area contributed by atoms with Gasteiger partial charge in [-0.25, -0.2) is 0 Å². The van der Waals surface area contributed by atoms with E-state index in [1.807, 2.05) is 0 Å². The highest BCUT2D eigenvalue weighted by Crippen LogP contribution is 2.54. The van der Waals surface area contributed by atoms with Crippen LogP contribution < -0.4 is 0 Å². The van der Waals surface area contributed by atoms with Crippen LogP contribution in [-0.2, 0) is 0 Å². The summed E-state index contributed by atoms with van der Waals surface area (Å²) in [4.78, 5) is 0. The molecule has 0 N–H and O–H groups in total. The van der Waals surface area contributed by atoms with E-state index >= 15 is 0 Å². The van der Waals surface area contributed by atoms with Crippen LogP contribution in [0.3, 0.4) is 0 Å². The summed E-state index contributed by atoms with van der Waals surface area (Å²) < 4.78 is 0. The molecule has 0 aromatic carbocycles. The number of hydrogen-bond donors (Lipinski definition) is 0. The third-order valence-electron chi connectivity index (χ3n) is 5.87. The Hall–Kier alpha value is -0.510. The van der Waals surface area contributed by atoms with Crippen LogP contribution in [0.1, 0.15) is 64.2 Å². The van der Waals surface area contributed by atoms with Gasteiger partial charge in [0.15, 0.2) is 0 Å². The molecule has 0 aromatic rings. The molecule has 0 spiro atoms. The van der Waals surface area contributed by atoms with Gasteiger partial charge in [-0.2, -0.15) is 5.26 Å². The monoisotopic (exact) mass is 231 g/mol. The standard InChI is InChI=1S/C16H25N/c17-9-3-4-12-10-14-7-1-5-13-6-2-8-15(11-12)16(13)14/h12-16H,1-8,10-11H2/t12?,13?,14-,15?,16?/m1/s1. The molecule has 3 aliphatic rings. The maximum absolute atomic E-state index is 8.76. The van der Waals surface area contributed by atoms with E-state index in [-0.39, 0.29) is 0 Å². The van der Waals surface area contributed by atoms with Crippen LogP contribution in [0.4, 0.5) is 0 Å². The highest BCUT2D eigenvalue weighted by atomic mass is 14.5. The molecule has 1 heteroatoms. The van der Waals surface area contributed by atoms with Crippen molar-refractivity contribution in [3.05, 3.63) is 0 Å². The van der Waals surface area contributed by atoms with Gasteiger partial charge < -0.3 is 0 Å². The lowest BCUT2D eigenvalue weighted by Crippen LogP contribution is -2.42. The summed E-state index contributed by atoms with van der Waals surface area (Å²) in [5.74, 6) is 5.14. The highest BCUT2D eigenvalue weighted by Gasteiger charge is 2.44. The number of hydrogen-bond acceptors (Lipinski definition) is 1. The molecule has 0 aromatic heterocycles. The molecule has 0 saturated heterocycles. The topological polar surface area (TPSA) is 23.8 Å². The zero-order chi connectivity index (χ0) is 11.7. The molecule has 3 aliphatic carbocycles.